The van der Waals surface area contributed by atoms with E-state index in [1.54, 1.807) is 24.3 Å². The minimum Gasteiger partial charge on any atom is -0.423 e. The van der Waals surface area contributed by atoms with E-state index in [0.717, 1.165) is 5.56 Å². The third-order valence-electron chi connectivity index (χ3n) is 3.88. The standard InChI is InChI=1S/C18H19NO5S/c1-14-4-2-6-16(12-14)24-18(20)15-5-3-7-17(13-15)25(21,22)19-8-10-23-11-9-19/h2-7,12-13H,8-11H2,1H3. The smallest absolute Gasteiger partial charge is 0.343 e. The van der Waals surface area contributed by atoms with Crippen LogP contribution >= 0.6 is 0 Å². The van der Waals surface area contributed by atoms with Crippen LogP contribution in [0.25, 0.3) is 0 Å². The van der Waals surface area contributed by atoms with Crippen LogP contribution in [0.3, 0.4) is 0 Å². The fraction of sp³-hybridized carbons (Fsp3) is 0.278. The van der Waals surface area contributed by atoms with E-state index in [2.05, 4.69) is 0 Å². The highest BCUT2D eigenvalue weighted by atomic mass is 32.2. The molecular formula is C18H19NO5S. The van der Waals surface area contributed by atoms with Crippen molar-refractivity contribution in [3.05, 3.63) is 59.7 Å². The van der Waals surface area contributed by atoms with Gasteiger partial charge in [0.25, 0.3) is 0 Å². The number of nitrogens with zero attached hydrogens (tertiary/aromatic N) is 1. The summed E-state index contributed by atoms with van der Waals surface area (Å²) in [5.41, 5.74) is 1.16. The first-order valence-corrected chi connectivity index (χ1v) is 9.38. The zero-order valence-electron chi connectivity index (χ0n) is 13.8. The van der Waals surface area contributed by atoms with Gasteiger partial charge >= 0.3 is 5.97 Å². The molecule has 2 aromatic rings. The van der Waals surface area contributed by atoms with Crippen LogP contribution in [0.2, 0.25) is 0 Å². The summed E-state index contributed by atoms with van der Waals surface area (Å²) in [5.74, 6) is -0.170. The number of hydrogen-bond donors (Lipinski definition) is 0. The summed E-state index contributed by atoms with van der Waals surface area (Å²) in [5, 5.41) is 0. The second-order valence-corrected chi connectivity index (χ2v) is 7.69. The van der Waals surface area contributed by atoms with E-state index in [9.17, 15) is 13.2 Å². The van der Waals surface area contributed by atoms with Crippen LogP contribution in [0.1, 0.15) is 15.9 Å². The largest absolute Gasteiger partial charge is 0.423 e. The molecule has 25 heavy (non-hydrogen) atoms. The highest BCUT2D eigenvalue weighted by Crippen LogP contribution is 2.20. The first kappa shape index (κ1) is 17.6. The summed E-state index contributed by atoms with van der Waals surface area (Å²) in [6, 6.07) is 13.0. The normalized spacial score (nSPS) is 15.7. The minimum absolute atomic E-state index is 0.0769. The lowest BCUT2D eigenvalue weighted by Gasteiger charge is -2.26. The van der Waals surface area contributed by atoms with Gasteiger partial charge in [0.15, 0.2) is 0 Å². The molecular weight excluding hydrogens is 342 g/mol. The number of carbonyl (C=O) groups is 1. The highest BCUT2D eigenvalue weighted by molar-refractivity contribution is 7.89. The molecule has 3 rings (SSSR count). The van der Waals surface area contributed by atoms with Crippen molar-refractivity contribution >= 4 is 16.0 Å². The molecule has 2 aromatic carbocycles. The van der Waals surface area contributed by atoms with Crippen LogP contribution in [0.5, 0.6) is 5.75 Å². The Morgan fingerprint density at radius 1 is 1.08 bits per heavy atom. The zero-order valence-corrected chi connectivity index (χ0v) is 14.7. The molecule has 1 aliphatic rings. The molecule has 132 valence electrons. The van der Waals surface area contributed by atoms with Gasteiger partial charge in [0.1, 0.15) is 5.75 Å². The Labute approximate surface area is 147 Å². The van der Waals surface area contributed by atoms with Crippen LogP contribution in [0.15, 0.2) is 53.4 Å². The van der Waals surface area contributed by atoms with Gasteiger partial charge in [-0.1, -0.05) is 18.2 Å². The molecule has 0 aromatic heterocycles. The average molecular weight is 361 g/mol. The van der Waals surface area contributed by atoms with Crippen molar-refractivity contribution in [3.8, 4) is 5.75 Å². The molecule has 0 aliphatic carbocycles. The first-order valence-electron chi connectivity index (χ1n) is 7.93. The molecule has 0 radical (unpaired) electrons. The second kappa shape index (κ2) is 7.35. The number of aryl methyl sites for hydroxylation is 1. The van der Waals surface area contributed by atoms with E-state index < -0.39 is 16.0 Å². The number of rotatable bonds is 4. The maximum absolute atomic E-state index is 12.7. The van der Waals surface area contributed by atoms with Gasteiger partial charge in [-0.2, -0.15) is 4.31 Å². The third kappa shape index (κ3) is 4.07. The molecule has 1 aliphatic heterocycles. The van der Waals surface area contributed by atoms with Crippen molar-refractivity contribution in [1.29, 1.82) is 0 Å². The summed E-state index contributed by atoms with van der Waals surface area (Å²) >= 11 is 0. The lowest BCUT2D eigenvalue weighted by molar-refractivity contribution is 0.0727. The van der Waals surface area contributed by atoms with Crippen molar-refractivity contribution < 1.29 is 22.7 Å². The summed E-state index contributed by atoms with van der Waals surface area (Å²) in [4.78, 5) is 12.4. The molecule has 0 unspecified atom stereocenters. The van der Waals surface area contributed by atoms with E-state index >= 15 is 0 Å². The van der Waals surface area contributed by atoms with Crippen molar-refractivity contribution in [2.45, 2.75) is 11.8 Å². The van der Waals surface area contributed by atoms with Gasteiger partial charge < -0.3 is 9.47 Å². The maximum atomic E-state index is 12.7. The Bertz CT molecular complexity index is 873. The van der Waals surface area contributed by atoms with Gasteiger partial charge in [0.05, 0.1) is 23.7 Å². The summed E-state index contributed by atoms with van der Waals surface area (Å²) < 4.78 is 37.2. The van der Waals surface area contributed by atoms with E-state index in [1.165, 1.54) is 22.5 Å². The quantitative estimate of drug-likeness (QED) is 0.617. The third-order valence-corrected chi connectivity index (χ3v) is 5.77. The molecule has 6 nitrogen and oxygen atoms in total. The van der Waals surface area contributed by atoms with Crippen LogP contribution in [-0.2, 0) is 14.8 Å². The van der Waals surface area contributed by atoms with Gasteiger partial charge in [-0.25, -0.2) is 13.2 Å². The predicted molar refractivity (Wildman–Crippen MR) is 92.2 cm³/mol. The highest BCUT2D eigenvalue weighted by Gasteiger charge is 2.27. The van der Waals surface area contributed by atoms with Gasteiger partial charge in [0.2, 0.25) is 10.0 Å². The minimum atomic E-state index is -3.65. The maximum Gasteiger partial charge on any atom is 0.343 e. The second-order valence-electron chi connectivity index (χ2n) is 5.75. The van der Waals surface area contributed by atoms with Crippen molar-refractivity contribution in [2.75, 3.05) is 26.3 Å². The number of ether oxygens (including phenoxy) is 2. The Balaban J connectivity index is 1.82. The number of hydrogen-bond acceptors (Lipinski definition) is 5. The Morgan fingerprint density at radius 2 is 1.80 bits per heavy atom. The van der Waals surface area contributed by atoms with Crippen LogP contribution in [-0.4, -0.2) is 45.0 Å². The SMILES string of the molecule is Cc1cccc(OC(=O)c2cccc(S(=O)(=O)N3CCOCC3)c2)c1. The van der Waals surface area contributed by atoms with Gasteiger partial charge in [-0.15, -0.1) is 0 Å². The number of benzene rings is 2. The lowest BCUT2D eigenvalue weighted by atomic mass is 10.2. The number of carbonyl (C=O) groups excluding carboxylic acids is 1. The fourth-order valence-corrected chi connectivity index (χ4v) is 4.02. The Hall–Kier alpha value is -2.22. The molecule has 1 heterocycles. The molecule has 0 spiro atoms. The first-order chi connectivity index (χ1) is 12.0. The van der Waals surface area contributed by atoms with Gasteiger partial charge in [-0.3, -0.25) is 0 Å². The molecule has 1 saturated heterocycles. The van der Waals surface area contributed by atoms with Crippen molar-refractivity contribution in [1.82, 2.24) is 4.31 Å². The molecule has 0 bridgehead atoms. The van der Waals surface area contributed by atoms with E-state index in [-0.39, 0.29) is 10.5 Å². The van der Waals surface area contributed by atoms with E-state index in [0.29, 0.717) is 32.1 Å². The molecule has 0 atom stereocenters. The van der Waals surface area contributed by atoms with E-state index in [4.69, 9.17) is 9.47 Å². The summed E-state index contributed by atoms with van der Waals surface area (Å²) in [6.07, 6.45) is 0. The summed E-state index contributed by atoms with van der Waals surface area (Å²) in [7, 11) is -3.65. The van der Waals surface area contributed by atoms with Crippen molar-refractivity contribution in [3.63, 3.8) is 0 Å². The molecule has 7 heteroatoms. The van der Waals surface area contributed by atoms with Crippen molar-refractivity contribution in [2.24, 2.45) is 0 Å². The zero-order chi connectivity index (χ0) is 17.9. The van der Waals surface area contributed by atoms with Crippen LogP contribution in [0, 0.1) is 6.92 Å². The van der Waals surface area contributed by atoms with Gasteiger partial charge in [0, 0.05) is 13.1 Å². The monoisotopic (exact) mass is 361 g/mol. The predicted octanol–water partition coefficient (Wildman–Crippen LogP) is 2.24. The molecule has 0 amide bonds. The molecule has 0 saturated carbocycles. The number of esters is 1. The Kier molecular flexibility index (Phi) is 5.17. The number of sulfonamides is 1. The van der Waals surface area contributed by atoms with Crippen LogP contribution in [0.4, 0.5) is 0 Å². The number of morpholine rings is 1. The Morgan fingerprint density at radius 3 is 2.52 bits per heavy atom. The molecule has 1 fully saturated rings. The molecule has 0 N–H and O–H groups in total. The van der Waals surface area contributed by atoms with Crippen LogP contribution < -0.4 is 4.74 Å². The van der Waals surface area contributed by atoms with Gasteiger partial charge in [-0.05, 0) is 42.8 Å². The van der Waals surface area contributed by atoms with E-state index in [1.807, 2.05) is 13.0 Å². The average Bonchev–Trinajstić information content (AvgIpc) is 2.62. The fourth-order valence-electron chi connectivity index (χ4n) is 2.56. The topological polar surface area (TPSA) is 72.9 Å². The summed E-state index contributed by atoms with van der Waals surface area (Å²) in [6.45, 7) is 3.25. The lowest BCUT2D eigenvalue weighted by Crippen LogP contribution is -2.40.